The first kappa shape index (κ1) is 32.3. The Morgan fingerprint density at radius 3 is 1.44 bits per heavy atom. The van der Waals surface area contributed by atoms with Crippen LogP contribution in [0.1, 0.15) is 13.8 Å². The third kappa shape index (κ3) is 8.86. The van der Waals surface area contributed by atoms with Gasteiger partial charge in [-0.1, -0.05) is 86.3 Å². The Kier molecular flexibility index (Phi) is 11.5. The third-order valence-electron chi connectivity index (χ3n) is 6.14. The van der Waals surface area contributed by atoms with E-state index in [1.807, 2.05) is 60.7 Å². The van der Waals surface area contributed by atoms with Crippen molar-refractivity contribution in [2.75, 3.05) is 30.3 Å². The SMILES string of the molecule is CCN(CC)CCSC(=O)N(c1ccccc1)c1ccccc1.O=S(=O)(O)c1cccc2c(S(=O)(=O)O)cccc12. The molecule has 218 valence electrons. The van der Waals surface area contributed by atoms with Gasteiger partial charge in [-0.3, -0.25) is 18.8 Å². The molecular formula is C29H32N2O7S3. The molecule has 0 aliphatic rings. The van der Waals surface area contributed by atoms with Crippen molar-refractivity contribution < 1.29 is 30.7 Å². The fourth-order valence-electron chi connectivity index (χ4n) is 4.08. The molecule has 0 bridgehead atoms. The topological polar surface area (TPSA) is 132 Å². The van der Waals surface area contributed by atoms with Crippen molar-refractivity contribution in [3.63, 3.8) is 0 Å². The van der Waals surface area contributed by atoms with E-state index in [1.54, 1.807) is 4.90 Å². The summed E-state index contributed by atoms with van der Waals surface area (Å²) in [5.74, 6) is 0.802. The van der Waals surface area contributed by atoms with E-state index < -0.39 is 30.0 Å². The quantitative estimate of drug-likeness (QED) is 0.206. The first-order valence-corrected chi connectivity index (χ1v) is 16.6. The van der Waals surface area contributed by atoms with Crippen molar-refractivity contribution in [3.05, 3.63) is 97.1 Å². The average molecular weight is 617 g/mol. The molecule has 0 heterocycles. The highest BCUT2D eigenvalue weighted by Crippen LogP contribution is 2.29. The monoisotopic (exact) mass is 616 g/mol. The Morgan fingerprint density at radius 2 is 1.07 bits per heavy atom. The summed E-state index contributed by atoms with van der Waals surface area (Å²) in [5.41, 5.74) is 1.80. The molecule has 0 radical (unpaired) electrons. The molecule has 0 atom stereocenters. The van der Waals surface area contributed by atoms with Crippen LogP contribution in [0.25, 0.3) is 10.8 Å². The van der Waals surface area contributed by atoms with Crippen LogP contribution in [0.4, 0.5) is 16.2 Å². The Hall–Kier alpha value is -3.26. The predicted molar refractivity (Wildman–Crippen MR) is 164 cm³/mol. The van der Waals surface area contributed by atoms with E-state index in [0.717, 1.165) is 48.9 Å². The zero-order valence-corrected chi connectivity index (χ0v) is 25.1. The summed E-state index contributed by atoms with van der Waals surface area (Å²) in [6.45, 7) is 7.27. The maximum absolute atomic E-state index is 12.8. The molecule has 0 aliphatic heterocycles. The van der Waals surface area contributed by atoms with Crippen LogP contribution in [0, 0.1) is 0 Å². The van der Waals surface area contributed by atoms with Gasteiger partial charge in [-0.15, -0.1) is 0 Å². The first-order valence-electron chi connectivity index (χ1n) is 12.7. The molecule has 0 fully saturated rings. The van der Waals surface area contributed by atoms with Gasteiger partial charge in [-0.2, -0.15) is 16.8 Å². The van der Waals surface area contributed by atoms with Crippen LogP contribution >= 0.6 is 11.8 Å². The van der Waals surface area contributed by atoms with Crippen molar-refractivity contribution in [2.45, 2.75) is 23.6 Å². The van der Waals surface area contributed by atoms with Crippen molar-refractivity contribution >= 4 is 59.4 Å². The van der Waals surface area contributed by atoms with E-state index in [1.165, 1.54) is 36.0 Å². The number of hydrogen-bond acceptors (Lipinski definition) is 7. The minimum absolute atomic E-state index is 0.0233. The van der Waals surface area contributed by atoms with E-state index in [2.05, 4.69) is 18.7 Å². The highest BCUT2D eigenvalue weighted by Gasteiger charge is 2.20. The zero-order chi connectivity index (χ0) is 30.0. The van der Waals surface area contributed by atoms with Gasteiger partial charge in [-0.05, 0) is 49.5 Å². The first-order chi connectivity index (χ1) is 19.5. The van der Waals surface area contributed by atoms with Gasteiger partial charge in [0.1, 0.15) is 9.79 Å². The van der Waals surface area contributed by atoms with Crippen molar-refractivity contribution in [1.82, 2.24) is 4.90 Å². The number of rotatable bonds is 9. The number of anilines is 2. The second-order valence-corrected chi connectivity index (χ2v) is 12.5. The minimum atomic E-state index is -4.47. The molecule has 0 saturated carbocycles. The van der Waals surface area contributed by atoms with E-state index in [-0.39, 0.29) is 16.0 Å². The van der Waals surface area contributed by atoms with E-state index in [4.69, 9.17) is 9.11 Å². The van der Waals surface area contributed by atoms with E-state index in [0.29, 0.717) is 0 Å². The van der Waals surface area contributed by atoms with Crippen LogP contribution in [0.5, 0.6) is 0 Å². The number of amides is 1. The second kappa shape index (κ2) is 14.6. The standard InChI is InChI=1S/C19H24N2OS.C10H8O6S2/c1-3-20(4-2)15-16-23-19(22)21(17-11-7-5-8-12-17)18-13-9-6-10-14-18;11-17(12,13)9-5-1-3-7-8(9)4-2-6-10(7)18(14,15)16/h5-14H,3-4,15-16H2,1-2H3;1-6H,(H,11,12,13)(H,14,15,16). The smallest absolute Gasteiger partial charge is 0.295 e. The van der Waals surface area contributed by atoms with Crippen molar-refractivity contribution in [3.8, 4) is 0 Å². The summed E-state index contributed by atoms with van der Waals surface area (Å²) < 4.78 is 62.7. The van der Waals surface area contributed by atoms with Crippen LogP contribution in [-0.4, -0.2) is 61.5 Å². The molecule has 0 aromatic heterocycles. The molecule has 12 heteroatoms. The Labute approximate surface area is 245 Å². The number of fused-ring (bicyclic) bond motifs is 1. The summed E-state index contributed by atoms with van der Waals surface area (Å²) >= 11 is 1.38. The molecule has 0 aliphatic carbocycles. The number of para-hydroxylation sites is 2. The lowest BCUT2D eigenvalue weighted by molar-refractivity contribution is 0.266. The van der Waals surface area contributed by atoms with Gasteiger partial charge in [-0.25, -0.2) is 0 Å². The Bertz CT molecular complexity index is 1550. The molecule has 0 unspecified atom stereocenters. The van der Waals surface area contributed by atoms with Gasteiger partial charge in [0.05, 0.1) is 0 Å². The summed E-state index contributed by atoms with van der Waals surface area (Å²) in [4.78, 5) is 16.1. The zero-order valence-electron chi connectivity index (χ0n) is 22.6. The van der Waals surface area contributed by atoms with Gasteiger partial charge in [0.25, 0.3) is 25.5 Å². The van der Waals surface area contributed by atoms with E-state index >= 15 is 0 Å². The average Bonchev–Trinajstić information content (AvgIpc) is 2.95. The number of thioether (sulfide) groups is 1. The molecule has 4 rings (SSSR count). The maximum Gasteiger partial charge on any atom is 0.295 e. The molecule has 0 spiro atoms. The van der Waals surface area contributed by atoms with Gasteiger partial charge < -0.3 is 4.90 Å². The van der Waals surface area contributed by atoms with Gasteiger partial charge in [0, 0.05) is 34.4 Å². The number of carbonyl (C=O) groups is 1. The number of benzene rings is 4. The number of carbonyl (C=O) groups excluding carboxylic acids is 1. The maximum atomic E-state index is 12.8. The lowest BCUT2D eigenvalue weighted by Crippen LogP contribution is -2.27. The van der Waals surface area contributed by atoms with Crippen LogP contribution in [-0.2, 0) is 20.2 Å². The van der Waals surface area contributed by atoms with Crippen LogP contribution in [0.2, 0.25) is 0 Å². The van der Waals surface area contributed by atoms with Crippen molar-refractivity contribution in [2.24, 2.45) is 0 Å². The van der Waals surface area contributed by atoms with E-state index in [9.17, 15) is 21.6 Å². The van der Waals surface area contributed by atoms with Crippen LogP contribution in [0.3, 0.4) is 0 Å². The largest absolute Gasteiger partial charge is 0.303 e. The highest BCUT2D eigenvalue weighted by molar-refractivity contribution is 8.13. The second-order valence-electron chi connectivity index (χ2n) is 8.71. The van der Waals surface area contributed by atoms with Crippen LogP contribution < -0.4 is 4.90 Å². The summed E-state index contributed by atoms with van der Waals surface area (Å²) in [7, 11) is -8.94. The van der Waals surface area contributed by atoms with Gasteiger partial charge in [0.2, 0.25) is 0 Å². The summed E-state index contributed by atoms with van der Waals surface area (Å²) in [5, 5.41) is 0.111. The molecule has 1 amide bonds. The fourth-order valence-corrected chi connectivity index (χ4v) is 6.36. The minimum Gasteiger partial charge on any atom is -0.303 e. The number of hydrogen-bond donors (Lipinski definition) is 2. The summed E-state index contributed by atoms with van der Waals surface area (Å²) in [6.07, 6.45) is 0. The Balaban J connectivity index is 0.000000232. The van der Waals surface area contributed by atoms with Crippen molar-refractivity contribution in [1.29, 1.82) is 0 Å². The molecule has 0 saturated heterocycles. The Morgan fingerprint density at radius 1 is 0.659 bits per heavy atom. The molecule has 2 N–H and O–H groups in total. The molecule has 4 aromatic rings. The predicted octanol–water partition coefficient (Wildman–Crippen LogP) is 6.35. The third-order valence-corrected chi connectivity index (χ3v) is 8.78. The molecule has 4 aromatic carbocycles. The highest BCUT2D eigenvalue weighted by atomic mass is 32.2. The normalized spacial score (nSPS) is 11.6. The fraction of sp³-hybridized carbons (Fsp3) is 0.207. The number of nitrogens with zero attached hydrogens (tertiary/aromatic N) is 2. The van der Waals surface area contributed by atoms with Gasteiger partial charge >= 0.3 is 0 Å². The molecular weight excluding hydrogens is 585 g/mol. The van der Waals surface area contributed by atoms with Gasteiger partial charge in [0.15, 0.2) is 0 Å². The molecule has 41 heavy (non-hydrogen) atoms. The lowest BCUT2D eigenvalue weighted by Gasteiger charge is -2.23. The lowest BCUT2D eigenvalue weighted by atomic mass is 10.1. The molecule has 9 nitrogen and oxygen atoms in total. The van der Waals surface area contributed by atoms with Crippen LogP contribution in [0.15, 0.2) is 107 Å². The summed E-state index contributed by atoms with van der Waals surface area (Å²) in [6, 6.07) is 27.2.